The molecule has 2 amide bonds. The lowest BCUT2D eigenvalue weighted by Crippen LogP contribution is -2.44. The molecule has 0 heterocycles. The van der Waals surface area contributed by atoms with Crippen LogP contribution in [0, 0.1) is 0 Å². The molecule has 1 atom stereocenters. The van der Waals surface area contributed by atoms with Crippen LogP contribution in [0.15, 0.2) is 0 Å². The van der Waals surface area contributed by atoms with Gasteiger partial charge in [-0.15, -0.1) is 0 Å². The Morgan fingerprint density at radius 1 is 1.29 bits per heavy atom. The van der Waals surface area contributed by atoms with Crippen molar-refractivity contribution >= 4 is 12.0 Å². The number of amides is 2. The van der Waals surface area contributed by atoms with E-state index >= 15 is 0 Å². The lowest BCUT2D eigenvalue weighted by molar-refractivity contribution is -0.119. The number of rotatable bonds is 5. The molecule has 0 saturated carbocycles. The molecule has 0 aromatic heterocycles. The van der Waals surface area contributed by atoms with Crippen molar-refractivity contribution in [2.75, 3.05) is 20.1 Å². The van der Waals surface area contributed by atoms with Gasteiger partial charge in [0.1, 0.15) is 5.60 Å². The van der Waals surface area contributed by atoms with E-state index in [0.29, 0.717) is 6.54 Å². The van der Waals surface area contributed by atoms with Crippen LogP contribution in [0.5, 0.6) is 0 Å². The number of likely N-dealkylation sites (N-methyl/N-ethyl adjacent to an activating group) is 1. The topological polar surface area (TPSA) is 79.5 Å². The molecule has 100 valence electrons. The molecular weight excluding hydrogens is 222 g/mol. The lowest BCUT2D eigenvalue weighted by atomic mass is 10.2. The summed E-state index contributed by atoms with van der Waals surface area (Å²) in [5, 5.41) is 8.10. The Morgan fingerprint density at radius 2 is 1.88 bits per heavy atom. The number of ether oxygens (including phenoxy) is 1. The predicted octanol–water partition coefficient (Wildman–Crippen LogP) is 0.235. The Morgan fingerprint density at radius 3 is 2.35 bits per heavy atom. The maximum absolute atomic E-state index is 11.3. The first-order valence-electron chi connectivity index (χ1n) is 5.65. The van der Waals surface area contributed by atoms with Crippen molar-refractivity contribution < 1.29 is 14.3 Å². The predicted molar refractivity (Wildman–Crippen MR) is 65.8 cm³/mol. The summed E-state index contributed by atoms with van der Waals surface area (Å²) in [6.45, 7) is 7.93. The molecule has 3 N–H and O–H groups in total. The van der Waals surface area contributed by atoms with Gasteiger partial charge in [0.25, 0.3) is 0 Å². The summed E-state index contributed by atoms with van der Waals surface area (Å²) >= 11 is 0. The minimum absolute atomic E-state index is 0.000168. The number of hydrogen-bond donors (Lipinski definition) is 3. The van der Waals surface area contributed by atoms with E-state index in [0.717, 1.165) is 0 Å². The van der Waals surface area contributed by atoms with Gasteiger partial charge in [0.05, 0.1) is 6.54 Å². The molecule has 0 saturated heterocycles. The number of carbonyl (C=O) groups excluding carboxylic acids is 2. The van der Waals surface area contributed by atoms with Crippen molar-refractivity contribution in [3.05, 3.63) is 0 Å². The summed E-state index contributed by atoms with van der Waals surface area (Å²) in [5.41, 5.74) is -0.497. The third-order valence-electron chi connectivity index (χ3n) is 1.84. The maximum atomic E-state index is 11.3. The molecule has 0 aliphatic heterocycles. The van der Waals surface area contributed by atoms with Crippen molar-refractivity contribution in [1.82, 2.24) is 16.0 Å². The van der Waals surface area contributed by atoms with Crippen molar-refractivity contribution in [1.29, 1.82) is 0 Å². The first-order valence-corrected chi connectivity index (χ1v) is 5.65. The van der Waals surface area contributed by atoms with Gasteiger partial charge >= 0.3 is 6.09 Å². The molecule has 17 heavy (non-hydrogen) atoms. The van der Waals surface area contributed by atoms with Crippen molar-refractivity contribution in [3.8, 4) is 0 Å². The molecule has 0 aromatic rings. The molecule has 0 aliphatic carbocycles. The molecule has 0 spiro atoms. The first-order chi connectivity index (χ1) is 7.74. The second kappa shape index (κ2) is 7.11. The van der Waals surface area contributed by atoms with Crippen LogP contribution in [0.4, 0.5) is 4.79 Å². The summed E-state index contributed by atoms with van der Waals surface area (Å²) in [7, 11) is 1.58. The standard InChI is InChI=1S/C11H23N3O3/c1-8(13-7-9(15)12-5)6-14-10(16)17-11(2,3)4/h8,13H,6-7H2,1-5H3,(H,12,15)(H,14,16). The second-order valence-corrected chi connectivity index (χ2v) is 4.84. The lowest BCUT2D eigenvalue weighted by Gasteiger charge is -2.21. The van der Waals surface area contributed by atoms with Crippen LogP contribution in [0.2, 0.25) is 0 Å². The highest BCUT2D eigenvalue weighted by Gasteiger charge is 2.16. The number of nitrogens with one attached hydrogen (secondary N) is 3. The molecule has 0 fully saturated rings. The fraction of sp³-hybridized carbons (Fsp3) is 0.818. The van der Waals surface area contributed by atoms with Crippen molar-refractivity contribution in [2.45, 2.75) is 39.3 Å². The fourth-order valence-electron chi connectivity index (χ4n) is 0.978. The molecule has 6 heteroatoms. The van der Waals surface area contributed by atoms with E-state index in [4.69, 9.17) is 4.74 Å². The largest absolute Gasteiger partial charge is 0.444 e. The average molecular weight is 245 g/mol. The molecule has 0 rings (SSSR count). The van der Waals surface area contributed by atoms with Crippen LogP contribution in [0.1, 0.15) is 27.7 Å². The summed E-state index contributed by atoms with van der Waals surface area (Å²) in [6, 6.07) is -0.000168. The van der Waals surface area contributed by atoms with Gasteiger partial charge in [0.2, 0.25) is 5.91 Å². The van der Waals surface area contributed by atoms with Crippen LogP contribution >= 0.6 is 0 Å². The molecule has 1 unspecified atom stereocenters. The van der Waals surface area contributed by atoms with Gasteiger partial charge < -0.3 is 20.7 Å². The Hall–Kier alpha value is -1.30. The zero-order chi connectivity index (χ0) is 13.5. The summed E-state index contributed by atoms with van der Waals surface area (Å²) < 4.78 is 5.08. The Bertz CT molecular complexity index is 261. The highest BCUT2D eigenvalue weighted by molar-refractivity contribution is 5.77. The van der Waals surface area contributed by atoms with E-state index < -0.39 is 11.7 Å². The minimum atomic E-state index is -0.497. The van der Waals surface area contributed by atoms with Gasteiger partial charge in [-0.25, -0.2) is 4.79 Å². The van der Waals surface area contributed by atoms with Crippen LogP contribution in [0.3, 0.4) is 0 Å². The highest BCUT2D eigenvalue weighted by Crippen LogP contribution is 2.06. The van der Waals surface area contributed by atoms with Gasteiger partial charge in [0, 0.05) is 19.6 Å². The van der Waals surface area contributed by atoms with Crippen LogP contribution in [-0.2, 0) is 9.53 Å². The van der Waals surface area contributed by atoms with Gasteiger partial charge in [-0.1, -0.05) is 0 Å². The number of alkyl carbamates (subject to hydrolysis) is 1. The molecule has 6 nitrogen and oxygen atoms in total. The Labute approximate surface area is 102 Å². The minimum Gasteiger partial charge on any atom is -0.444 e. The van der Waals surface area contributed by atoms with Crippen molar-refractivity contribution in [3.63, 3.8) is 0 Å². The van der Waals surface area contributed by atoms with E-state index in [1.165, 1.54) is 0 Å². The van der Waals surface area contributed by atoms with E-state index in [9.17, 15) is 9.59 Å². The van der Waals surface area contributed by atoms with Crippen LogP contribution < -0.4 is 16.0 Å². The molecule has 0 aromatic carbocycles. The van der Waals surface area contributed by atoms with Gasteiger partial charge in [-0.05, 0) is 27.7 Å². The molecular formula is C11H23N3O3. The summed E-state index contributed by atoms with van der Waals surface area (Å²) in [5.74, 6) is -0.0888. The Kier molecular flexibility index (Phi) is 6.57. The molecule has 0 bridgehead atoms. The smallest absolute Gasteiger partial charge is 0.407 e. The third-order valence-corrected chi connectivity index (χ3v) is 1.84. The average Bonchev–Trinajstić information content (AvgIpc) is 2.20. The van der Waals surface area contributed by atoms with Gasteiger partial charge in [-0.2, -0.15) is 0 Å². The van der Waals surface area contributed by atoms with Crippen LogP contribution in [-0.4, -0.2) is 43.8 Å². The first kappa shape index (κ1) is 15.7. The van der Waals surface area contributed by atoms with E-state index in [1.54, 1.807) is 27.8 Å². The highest BCUT2D eigenvalue weighted by atomic mass is 16.6. The van der Waals surface area contributed by atoms with Gasteiger partial charge in [-0.3, -0.25) is 4.79 Å². The monoisotopic (exact) mass is 245 g/mol. The SMILES string of the molecule is CNC(=O)CNC(C)CNC(=O)OC(C)(C)C. The molecule has 0 radical (unpaired) electrons. The number of carbonyl (C=O) groups is 2. The van der Waals surface area contributed by atoms with E-state index in [2.05, 4.69) is 16.0 Å². The van der Waals surface area contributed by atoms with Crippen molar-refractivity contribution in [2.24, 2.45) is 0 Å². The summed E-state index contributed by atoms with van der Waals surface area (Å²) in [6.07, 6.45) is -0.453. The number of hydrogen-bond acceptors (Lipinski definition) is 4. The molecule has 0 aliphatic rings. The summed E-state index contributed by atoms with van der Waals surface area (Å²) in [4.78, 5) is 22.3. The third kappa shape index (κ3) is 9.62. The van der Waals surface area contributed by atoms with Crippen LogP contribution in [0.25, 0.3) is 0 Å². The Balaban J connectivity index is 3.73. The normalized spacial score (nSPS) is 12.8. The van der Waals surface area contributed by atoms with E-state index in [1.807, 2.05) is 6.92 Å². The zero-order valence-electron chi connectivity index (χ0n) is 11.2. The fourth-order valence-corrected chi connectivity index (χ4v) is 0.978. The quantitative estimate of drug-likeness (QED) is 0.648. The maximum Gasteiger partial charge on any atom is 0.407 e. The van der Waals surface area contributed by atoms with E-state index in [-0.39, 0.29) is 18.5 Å². The zero-order valence-corrected chi connectivity index (χ0v) is 11.2. The van der Waals surface area contributed by atoms with Gasteiger partial charge in [0.15, 0.2) is 0 Å². The second-order valence-electron chi connectivity index (χ2n) is 4.84.